The van der Waals surface area contributed by atoms with Crippen LogP contribution in [-0.4, -0.2) is 35.0 Å². The number of hydrogen-bond acceptors (Lipinski definition) is 6. The molecule has 45 heavy (non-hydrogen) atoms. The quantitative estimate of drug-likeness (QED) is 0.163. The number of benzene rings is 4. The summed E-state index contributed by atoms with van der Waals surface area (Å²) in [5.41, 5.74) is 1.10. The molecule has 1 heterocycles. The smallest absolute Gasteiger partial charge is 0.416 e. The summed E-state index contributed by atoms with van der Waals surface area (Å²) in [7, 11) is 0. The molecule has 0 aliphatic rings. The first-order valence-corrected chi connectivity index (χ1v) is 14.5. The van der Waals surface area contributed by atoms with Gasteiger partial charge in [0.1, 0.15) is 0 Å². The van der Waals surface area contributed by atoms with Crippen LogP contribution in [-0.2, 0) is 11.0 Å². The van der Waals surface area contributed by atoms with Crippen LogP contribution in [0.5, 0.6) is 11.5 Å². The molecule has 1 amide bonds. The normalized spacial score (nSPS) is 11.6. The van der Waals surface area contributed by atoms with E-state index in [1.165, 1.54) is 18.3 Å². The lowest BCUT2D eigenvalue weighted by Gasteiger charge is -2.15. The number of carbonyl (C=O) groups is 1. The Morgan fingerprint density at radius 1 is 1.02 bits per heavy atom. The van der Waals surface area contributed by atoms with Crippen molar-refractivity contribution in [2.24, 2.45) is 5.10 Å². The van der Waals surface area contributed by atoms with Crippen LogP contribution in [0.2, 0.25) is 0 Å². The zero-order valence-electron chi connectivity index (χ0n) is 24.1. The van der Waals surface area contributed by atoms with Gasteiger partial charge in [-0.15, -0.1) is 0 Å². The lowest BCUT2D eigenvalue weighted by molar-refractivity contribution is -0.137. The van der Waals surface area contributed by atoms with Crippen molar-refractivity contribution in [2.45, 2.75) is 20.0 Å². The van der Waals surface area contributed by atoms with Gasteiger partial charge in [0.2, 0.25) is 0 Å². The first-order chi connectivity index (χ1) is 21.5. The lowest BCUT2D eigenvalue weighted by Crippen LogP contribution is -2.21. The van der Waals surface area contributed by atoms with Crippen molar-refractivity contribution in [3.05, 3.63) is 116 Å². The maximum Gasteiger partial charge on any atom is 0.416 e. The first-order valence-electron chi connectivity index (χ1n) is 13.7. The number of aryl methyl sites for hydroxylation is 1. The van der Waals surface area contributed by atoms with E-state index in [0.29, 0.717) is 27.0 Å². The predicted molar refractivity (Wildman–Crippen MR) is 170 cm³/mol. The molecule has 0 atom stereocenters. The highest BCUT2D eigenvalue weighted by Gasteiger charge is 2.31. The largest absolute Gasteiger partial charge is 0.490 e. The Morgan fingerprint density at radius 2 is 1.78 bits per heavy atom. The fourth-order valence-electron chi connectivity index (χ4n) is 4.41. The first kappa shape index (κ1) is 31.5. The number of aromatic nitrogens is 2. The van der Waals surface area contributed by atoms with Gasteiger partial charge in [-0.1, -0.05) is 42.0 Å². The highest BCUT2D eigenvalue weighted by molar-refractivity contribution is 9.10. The molecule has 0 saturated carbocycles. The van der Waals surface area contributed by atoms with Crippen LogP contribution in [0.25, 0.3) is 22.3 Å². The van der Waals surface area contributed by atoms with Gasteiger partial charge in [-0.25, -0.2) is 4.98 Å². The Kier molecular flexibility index (Phi) is 9.33. The van der Waals surface area contributed by atoms with Gasteiger partial charge in [0.25, 0.3) is 11.5 Å². The molecule has 1 N–H and O–H groups in total. The summed E-state index contributed by atoms with van der Waals surface area (Å²) in [6.45, 7) is 3.72. The van der Waals surface area contributed by atoms with E-state index in [2.05, 4.69) is 31.3 Å². The summed E-state index contributed by atoms with van der Waals surface area (Å²) in [5.74, 6) is 0.148. The Hall–Kier alpha value is -4.97. The van der Waals surface area contributed by atoms with E-state index in [4.69, 9.17) is 9.47 Å². The third-order valence-corrected chi connectivity index (χ3v) is 7.13. The highest BCUT2D eigenvalue weighted by Crippen LogP contribution is 2.37. The number of halogens is 4. The van der Waals surface area contributed by atoms with E-state index in [1.54, 1.807) is 55.5 Å². The molecule has 0 aliphatic carbocycles. The number of fused-ring (bicyclic) bond motifs is 1. The van der Waals surface area contributed by atoms with Crippen molar-refractivity contribution < 1.29 is 27.4 Å². The van der Waals surface area contributed by atoms with Crippen LogP contribution in [0.15, 0.2) is 99.3 Å². The van der Waals surface area contributed by atoms with Gasteiger partial charge >= 0.3 is 6.18 Å². The minimum Gasteiger partial charge on any atom is -0.490 e. The fourth-order valence-corrected chi connectivity index (χ4v) is 4.99. The molecule has 0 aliphatic heterocycles. The molecule has 0 spiro atoms. The van der Waals surface area contributed by atoms with E-state index in [9.17, 15) is 22.8 Å². The van der Waals surface area contributed by atoms with Gasteiger partial charge < -0.3 is 14.8 Å². The molecule has 12 heteroatoms. The summed E-state index contributed by atoms with van der Waals surface area (Å²) >= 11 is 3.46. The van der Waals surface area contributed by atoms with Gasteiger partial charge in [-0.2, -0.15) is 22.9 Å². The Bertz CT molecular complexity index is 1960. The van der Waals surface area contributed by atoms with Crippen LogP contribution in [0.1, 0.15) is 23.6 Å². The molecule has 5 rings (SSSR count). The number of nitrogens with one attached hydrogen (secondary N) is 1. The molecule has 1 aromatic heterocycles. The molecule has 0 bridgehead atoms. The van der Waals surface area contributed by atoms with Gasteiger partial charge in [0.05, 0.1) is 33.8 Å². The Morgan fingerprint density at radius 3 is 2.51 bits per heavy atom. The highest BCUT2D eigenvalue weighted by atomic mass is 79.9. The SMILES string of the molecule is CCOc1cc(C=Nn2c(-c3cccc(C(F)(F)F)c3)nc3ccccc3c2=O)cc(Br)c1OCC(=O)Nc1ccc(C)cc1. The second-order valence-electron chi connectivity index (χ2n) is 9.86. The Balaban J connectivity index is 1.48. The molecule has 8 nitrogen and oxygen atoms in total. The van der Waals surface area contributed by atoms with Crippen LogP contribution in [0.4, 0.5) is 18.9 Å². The minimum absolute atomic E-state index is 0.0636. The van der Waals surface area contributed by atoms with Crippen molar-refractivity contribution in [1.29, 1.82) is 0 Å². The number of carbonyl (C=O) groups excluding carboxylic acids is 1. The molecule has 0 unspecified atom stereocenters. The average molecular weight is 679 g/mol. The number of anilines is 1. The summed E-state index contributed by atoms with van der Waals surface area (Å²) < 4.78 is 53.5. The van der Waals surface area contributed by atoms with Crippen LogP contribution < -0.4 is 20.3 Å². The zero-order chi connectivity index (χ0) is 32.1. The minimum atomic E-state index is -4.59. The molecule has 0 saturated heterocycles. The molecule has 4 aromatic carbocycles. The molecule has 5 aromatic rings. The summed E-state index contributed by atoms with van der Waals surface area (Å²) in [5, 5.41) is 7.36. The van der Waals surface area contributed by atoms with Crippen molar-refractivity contribution >= 4 is 44.6 Å². The predicted octanol–water partition coefficient (Wildman–Crippen LogP) is 7.45. The molecular weight excluding hydrogens is 653 g/mol. The molecule has 230 valence electrons. The molecule has 0 radical (unpaired) electrons. The second-order valence-corrected chi connectivity index (χ2v) is 10.7. The third-order valence-electron chi connectivity index (χ3n) is 6.54. The van der Waals surface area contributed by atoms with Crippen molar-refractivity contribution in [3.63, 3.8) is 0 Å². The standard InChI is InChI=1S/C33H26BrF3N4O4/c1-3-44-28-16-21(15-26(34)30(28)45-19-29(42)39-24-13-11-20(2)12-14-24)18-38-41-31(22-7-6-8-23(17-22)33(35,36)37)40-27-10-5-4-9-25(27)32(41)43/h4-18H,3,19H2,1-2H3,(H,39,42). The maximum absolute atomic E-state index is 13.5. The topological polar surface area (TPSA) is 94.8 Å². The average Bonchev–Trinajstić information content (AvgIpc) is 3.01. The third kappa shape index (κ3) is 7.40. The molecular formula is C33H26BrF3N4O4. The fraction of sp³-hybridized carbons (Fsp3) is 0.152. The number of rotatable bonds is 9. The monoisotopic (exact) mass is 678 g/mol. The van der Waals surface area contributed by atoms with E-state index < -0.39 is 17.3 Å². The van der Waals surface area contributed by atoms with Crippen LogP contribution >= 0.6 is 15.9 Å². The van der Waals surface area contributed by atoms with E-state index in [-0.39, 0.29) is 41.6 Å². The number of ether oxygens (including phenoxy) is 2. The summed E-state index contributed by atoms with van der Waals surface area (Å²) in [6, 6.07) is 21.6. The summed E-state index contributed by atoms with van der Waals surface area (Å²) in [6.07, 6.45) is -3.23. The van der Waals surface area contributed by atoms with Crippen LogP contribution in [0.3, 0.4) is 0 Å². The number of nitrogens with zero attached hydrogens (tertiary/aromatic N) is 3. The summed E-state index contributed by atoms with van der Waals surface area (Å²) in [4.78, 5) is 30.5. The van der Waals surface area contributed by atoms with Crippen molar-refractivity contribution in [1.82, 2.24) is 9.66 Å². The Labute approximate surface area is 264 Å². The van der Waals surface area contributed by atoms with Gasteiger partial charge in [0, 0.05) is 11.3 Å². The van der Waals surface area contributed by atoms with Gasteiger partial charge in [-0.05, 0) is 83.9 Å². The zero-order valence-corrected chi connectivity index (χ0v) is 25.6. The number of amides is 1. The molecule has 0 fully saturated rings. The maximum atomic E-state index is 13.5. The number of para-hydroxylation sites is 1. The van der Waals surface area contributed by atoms with Crippen molar-refractivity contribution in [2.75, 3.05) is 18.5 Å². The van der Waals surface area contributed by atoms with E-state index in [0.717, 1.165) is 22.4 Å². The van der Waals surface area contributed by atoms with Crippen molar-refractivity contribution in [3.8, 4) is 22.9 Å². The van der Waals surface area contributed by atoms with Gasteiger partial charge in [-0.3, -0.25) is 9.59 Å². The number of alkyl halides is 3. The van der Waals surface area contributed by atoms with Gasteiger partial charge in [0.15, 0.2) is 23.9 Å². The second kappa shape index (κ2) is 13.3. The van der Waals surface area contributed by atoms with E-state index >= 15 is 0 Å². The van der Waals surface area contributed by atoms with E-state index in [1.807, 2.05) is 19.1 Å². The lowest BCUT2D eigenvalue weighted by atomic mass is 10.1. The number of hydrogen-bond donors (Lipinski definition) is 1. The van der Waals surface area contributed by atoms with Crippen LogP contribution in [0, 0.1) is 6.92 Å².